The van der Waals surface area contributed by atoms with E-state index in [9.17, 15) is 0 Å². The lowest BCUT2D eigenvalue weighted by Crippen LogP contribution is -1.93. The summed E-state index contributed by atoms with van der Waals surface area (Å²) in [4.78, 5) is 10.8. The minimum absolute atomic E-state index is 0.917. The molecule has 11 aromatic rings. The van der Waals surface area contributed by atoms with Crippen molar-refractivity contribution in [2.24, 2.45) is 0 Å². The Morgan fingerprint density at radius 1 is 0.260 bits per heavy atom. The van der Waals surface area contributed by atoms with Crippen LogP contribution in [0.1, 0.15) is 0 Å². The molecule has 0 aliphatic rings. The third kappa shape index (κ3) is 3.96. The summed E-state index contributed by atoms with van der Waals surface area (Å²) in [5, 5.41) is 17.1. The highest BCUT2D eigenvalue weighted by Crippen LogP contribution is 2.41. The highest BCUT2D eigenvalue weighted by Gasteiger charge is 2.16. The molecular formula is C48H28N2. The van der Waals surface area contributed by atoms with Crippen molar-refractivity contribution in [2.45, 2.75) is 0 Å². The molecule has 0 radical (unpaired) electrons. The lowest BCUT2D eigenvalue weighted by Gasteiger charge is -2.14. The molecule has 0 unspecified atom stereocenters. The molecule has 0 bridgehead atoms. The first-order valence-corrected chi connectivity index (χ1v) is 17.2. The fourth-order valence-electron chi connectivity index (χ4n) is 8.25. The quantitative estimate of drug-likeness (QED) is 0.177. The molecule has 50 heavy (non-hydrogen) atoms. The zero-order valence-electron chi connectivity index (χ0n) is 27.1. The molecule has 0 saturated heterocycles. The average molecular weight is 633 g/mol. The van der Waals surface area contributed by atoms with Crippen LogP contribution in [0.15, 0.2) is 170 Å². The lowest BCUT2D eigenvalue weighted by atomic mass is 9.92. The maximum Gasteiger partial charge on any atom is 0.0972 e. The Labute approximate surface area is 287 Å². The SMILES string of the molecule is c1ccc2c(c1)ccc1cc(-c3ccc4ccc5ccc(-c6cc7ccc8ccccc8c7c7ccccc67)nc5c4n3)c3ccccc3c12. The van der Waals surface area contributed by atoms with Gasteiger partial charge in [0.15, 0.2) is 0 Å². The smallest absolute Gasteiger partial charge is 0.0972 e. The summed E-state index contributed by atoms with van der Waals surface area (Å²) in [6.45, 7) is 0. The lowest BCUT2D eigenvalue weighted by molar-refractivity contribution is 1.38. The Kier molecular flexibility index (Phi) is 5.70. The molecule has 2 aromatic heterocycles. The molecule has 11 rings (SSSR count). The van der Waals surface area contributed by atoms with Gasteiger partial charge in [0.1, 0.15) is 0 Å². The molecule has 0 aliphatic heterocycles. The van der Waals surface area contributed by atoms with Gasteiger partial charge in [-0.25, -0.2) is 9.97 Å². The number of pyridine rings is 2. The van der Waals surface area contributed by atoms with Crippen LogP contribution in [0.4, 0.5) is 0 Å². The van der Waals surface area contributed by atoms with E-state index in [1.165, 1.54) is 64.6 Å². The monoisotopic (exact) mass is 632 g/mol. The van der Waals surface area contributed by atoms with Crippen molar-refractivity contribution in [3.63, 3.8) is 0 Å². The van der Waals surface area contributed by atoms with Crippen molar-refractivity contribution in [2.75, 3.05) is 0 Å². The van der Waals surface area contributed by atoms with E-state index < -0.39 is 0 Å². The second-order valence-corrected chi connectivity index (χ2v) is 13.3. The summed E-state index contributed by atoms with van der Waals surface area (Å²) in [5.74, 6) is 0. The van der Waals surface area contributed by atoms with Crippen LogP contribution in [0, 0.1) is 0 Å². The molecule has 2 nitrogen and oxygen atoms in total. The fraction of sp³-hybridized carbons (Fsp3) is 0. The standard InChI is InChI=1S/C48H28N2/c1-3-11-35-29(9-1)17-21-33-27-41(37-13-5-7-15-39(37)45(33)35)43-25-23-31-19-20-32-24-26-44(50-48(32)47(31)49-43)42-28-34-22-18-30-10-2-4-12-36(30)46(34)40-16-8-6-14-38(40)42/h1-28H. The summed E-state index contributed by atoms with van der Waals surface area (Å²) >= 11 is 0. The summed E-state index contributed by atoms with van der Waals surface area (Å²) < 4.78 is 0. The third-order valence-electron chi connectivity index (χ3n) is 10.6. The Balaban J connectivity index is 1.15. The van der Waals surface area contributed by atoms with Gasteiger partial charge in [-0.15, -0.1) is 0 Å². The maximum absolute atomic E-state index is 5.41. The molecule has 9 aromatic carbocycles. The van der Waals surface area contributed by atoms with Crippen molar-refractivity contribution in [3.05, 3.63) is 170 Å². The second kappa shape index (κ2) is 10.4. The van der Waals surface area contributed by atoms with Crippen LogP contribution in [0.3, 0.4) is 0 Å². The van der Waals surface area contributed by atoms with E-state index in [0.29, 0.717) is 0 Å². The van der Waals surface area contributed by atoms with Crippen LogP contribution in [0.25, 0.3) is 109 Å². The minimum Gasteiger partial charge on any atom is -0.245 e. The van der Waals surface area contributed by atoms with Crippen LogP contribution in [-0.4, -0.2) is 9.97 Å². The maximum atomic E-state index is 5.41. The number of aromatic nitrogens is 2. The predicted octanol–water partition coefficient (Wildman–Crippen LogP) is 13.0. The second-order valence-electron chi connectivity index (χ2n) is 13.3. The fourth-order valence-corrected chi connectivity index (χ4v) is 8.25. The zero-order chi connectivity index (χ0) is 32.8. The van der Waals surface area contributed by atoms with Gasteiger partial charge in [0.05, 0.1) is 22.4 Å². The summed E-state index contributed by atoms with van der Waals surface area (Å²) in [7, 11) is 0. The number of nitrogens with zero attached hydrogens (tertiary/aromatic N) is 2. The molecule has 2 heterocycles. The van der Waals surface area contributed by atoms with Crippen LogP contribution in [0.5, 0.6) is 0 Å². The van der Waals surface area contributed by atoms with Crippen molar-refractivity contribution >= 4 is 86.4 Å². The van der Waals surface area contributed by atoms with Crippen LogP contribution in [0.2, 0.25) is 0 Å². The molecule has 0 spiro atoms. The predicted molar refractivity (Wildman–Crippen MR) is 213 cm³/mol. The molecule has 0 N–H and O–H groups in total. The molecule has 0 fully saturated rings. The van der Waals surface area contributed by atoms with Gasteiger partial charge in [0, 0.05) is 21.9 Å². The molecule has 0 aliphatic carbocycles. The first-order chi connectivity index (χ1) is 24.8. The number of hydrogen-bond donors (Lipinski definition) is 0. The van der Waals surface area contributed by atoms with Gasteiger partial charge in [-0.3, -0.25) is 0 Å². The summed E-state index contributed by atoms with van der Waals surface area (Å²) in [6, 6.07) is 61.4. The van der Waals surface area contributed by atoms with Gasteiger partial charge in [0.25, 0.3) is 0 Å². The first-order valence-electron chi connectivity index (χ1n) is 17.2. The van der Waals surface area contributed by atoms with Crippen molar-refractivity contribution in [1.82, 2.24) is 9.97 Å². The van der Waals surface area contributed by atoms with E-state index in [-0.39, 0.29) is 0 Å². The third-order valence-corrected chi connectivity index (χ3v) is 10.6. The van der Waals surface area contributed by atoms with Gasteiger partial charge in [-0.2, -0.15) is 0 Å². The van der Waals surface area contributed by atoms with E-state index >= 15 is 0 Å². The normalized spacial score (nSPS) is 12.0. The Morgan fingerprint density at radius 2 is 0.600 bits per heavy atom. The van der Waals surface area contributed by atoms with Gasteiger partial charge >= 0.3 is 0 Å². The number of fused-ring (bicyclic) bond motifs is 13. The molecular weight excluding hydrogens is 605 g/mol. The van der Waals surface area contributed by atoms with E-state index in [1.807, 2.05) is 0 Å². The highest BCUT2D eigenvalue weighted by atomic mass is 14.8. The molecule has 230 valence electrons. The van der Waals surface area contributed by atoms with Gasteiger partial charge < -0.3 is 0 Å². The number of hydrogen-bond acceptors (Lipinski definition) is 2. The number of benzene rings is 9. The van der Waals surface area contributed by atoms with E-state index in [4.69, 9.17) is 9.97 Å². The van der Waals surface area contributed by atoms with Crippen molar-refractivity contribution < 1.29 is 0 Å². The Morgan fingerprint density at radius 3 is 1.06 bits per heavy atom. The van der Waals surface area contributed by atoms with Crippen LogP contribution < -0.4 is 0 Å². The van der Waals surface area contributed by atoms with Gasteiger partial charge in [-0.1, -0.05) is 146 Å². The Bertz CT molecular complexity index is 2990. The molecule has 0 amide bonds. The van der Waals surface area contributed by atoms with Crippen LogP contribution >= 0.6 is 0 Å². The largest absolute Gasteiger partial charge is 0.245 e. The van der Waals surface area contributed by atoms with Crippen molar-refractivity contribution in [3.8, 4) is 22.5 Å². The first kappa shape index (κ1) is 27.3. The van der Waals surface area contributed by atoms with E-state index in [1.54, 1.807) is 0 Å². The topological polar surface area (TPSA) is 25.8 Å². The number of rotatable bonds is 2. The van der Waals surface area contributed by atoms with Gasteiger partial charge in [0.2, 0.25) is 0 Å². The van der Waals surface area contributed by atoms with Gasteiger partial charge in [-0.05, 0) is 88.9 Å². The minimum atomic E-state index is 0.917. The zero-order valence-corrected chi connectivity index (χ0v) is 27.1. The molecule has 2 heteroatoms. The summed E-state index contributed by atoms with van der Waals surface area (Å²) in [6.07, 6.45) is 0. The van der Waals surface area contributed by atoms with Crippen molar-refractivity contribution in [1.29, 1.82) is 0 Å². The molecule has 0 atom stereocenters. The Hall–Kier alpha value is -6.64. The summed E-state index contributed by atoms with van der Waals surface area (Å²) in [5.41, 5.74) is 6.00. The van der Waals surface area contributed by atoms with Crippen LogP contribution in [-0.2, 0) is 0 Å². The highest BCUT2D eigenvalue weighted by molar-refractivity contribution is 6.24. The van der Waals surface area contributed by atoms with E-state index in [2.05, 4.69) is 170 Å². The average Bonchev–Trinajstić information content (AvgIpc) is 3.19. The van der Waals surface area contributed by atoms with E-state index in [0.717, 1.165) is 44.3 Å². The molecule has 0 saturated carbocycles.